The molecule has 294 valence electrons. The van der Waals surface area contributed by atoms with Gasteiger partial charge in [0.25, 0.3) is 11.8 Å². The van der Waals surface area contributed by atoms with Crippen molar-refractivity contribution in [1.82, 2.24) is 4.90 Å². The van der Waals surface area contributed by atoms with Crippen molar-refractivity contribution in [1.29, 1.82) is 0 Å². The van der Waals surface area contributed by atoms with E-state index in [0.29, 0.717) is 143 Å². The lowest BCUT2D eigenvalue weighted by Gasteiger charge is -2.13. The summed E-state index contributed by atoms with van der Waals surface area (Å²) in [6.45, 7) is 11.1. The zero-order valence-corrected chi connectivity index (χ0v) is 31.0. The van der Waals surface area contributed by atoms with Gasteiger partial charge in [-0.05, 0) is 25.0 Å². The number of carbonyl (C=O) groups excluding carboxylic acids is 2. The van der Waals surface area contributed by atoms with E-state index in [4.69, 9.17) is 63.7 Å². The van der Waals surface area contributed by atoms with E-state index in [9.17, 15) is 9.59 Å². The van der Waals surface area contributed by atoms with Gasteiger partial charge in [-0.25, -0.2) is 0 Å². The molecular weight excluding hydrogens is 690 g/mol. The molecule has 0 unspecified atom stereocenters. The number of halogens is 1. The van der Waals surface area contributed by atoms with E-state index >= 15 is 0 Å². The van der Waals surface area contributed by atoms with E-state index in [1.807, 2.05) is 0 Å². The highest BCUT2D eigenvalue weighted by atomic mass is 35.5. The molecule has 1 heterocycles. The molecule has 1 aliphatic rings. The highest BCUT2D eigenvalue weighted by Gasteiger charge is 2.34. The Labute approximate surface area is 308 Å². The van der Waals surface area contributed by atoms with Gasteiger partial charge in [0.1, 0.15) is 0 Å². The Bertz CT molecular complexity index is 942. The minimum absolute atomic E-state index is 0.214. The largest absolute Gasteiger partial charge is 0.379 e. The van der Waals surface area contributed by atoms with Crippen molar-refractivity contribution in [3.8, 4) is 0 Å². The summed E-state index contributed by atoms with van der Waals surface area (Å²) in [6, 6.07) is 6.82. The fraction of sp³-hybridized carbons (Fsp3) is 0.778. The molecule has 0 fully saturated rings. The van der Waals surface area contributed by atoms with Gasteiger partial charge in [0.05, 0.1) is 156 Å². The predicted octanol–water partition coefficient (Wildman–Crippen LogP) is 3.26. The summed E-state index contributed by atoms with van der Waals surface area (Å²) in [7, 11) is 0. The highest BCUT2D eigenvalue weighted by molar-refractivity contribution is 6.21. The molecule has 1 aromatic rings. The summed E-state index contributed by atoms with van der Waals surface area (Å²) < 4.78 is 60.4. The monoisotopic (exact) mass is 749 g/mol. The Morgan fingerprint density at radius 3 is 0.961 bits per heavy atom. The van der Waals surface area contributed by atoms with Crippen molar-refractivity contribution in [2.45, 2.75) is 25.7 Å². The molecule has 2 rings (SSSR count). The van der Waals surface area contributed by atoms with Crippen LogP contribution in [0.5, 0.6) is 0 Å². The predicted molar refractivity (Wildman–Crippen MR) is 190 cm³/mol. The first-order valence-corrected chi connectivity index (χ1v) is 18.7. The van der Waals surface area contributed by atoms with Gasteiger partial charge in [-0.15, -0.1) is 11.6 Å². The summed E-state index contributed by atoms with van der Waals surface area (Å²) in [5.74, 6) is 0.183. The number of fused-ring (bicyclic) bond motifs is 1. The van der Waals surface area contributed by atoms with Crippen molar-refractivity contribution < 1.29 is 61.7 Å². The minimum Gasteiger partial charge on any atom is -0.379 e. The molecule has 0 aliphatic carbocycles. The maximum Gasteiger partial charge on any atom is 0.261 e. The van der Waals surface area contributed by atoms with E-state index in [0.717, 1.165) is 31.7 Å². The number of ether oxygens (including phenoxy) is 11. The molecule has 0 bridgehead atoms. The first-order chi connectivity index (χ1) is 25.3. The molecule has 51 heavy (non-hydrogen) atoms. The molecule has 0 N–H and O–H groups in total. The van der Waals surface area contributed by atoms with Crippen molar-refractivity contribution in [3.05, 3.63) is 35.4 Å². The second-order valence-corrected chi connectivity index (χ2v) is 11.5. The molecule has 15 heteroatoms. The third-order valence-electron chi connectivity index (χ3n) is 7.23. The maximum atomic E-state index is 12.3. The second-order valence-electron chi connectivity index (χ2n) is 11.1. The lowest BCUT2D eigenvalue weighted by atomic mass is 10.1. The number of rotatable bonds is 39. The first kappa shape index (κ1) is 45.4. The molecule has 0 radical (unpaired) electrons. The standard InChI is InChI=1S/C36H60ClNO13/c37-9-5-1-2-6-11-41-13-15-43-17-19-45-21-23-47-25-27-49-29-31-51-32-30-50-28-26-48-24-22-46-20-18-44-16-14-42-12-10-38-35(39)33-7-3-4-8-34(33)36(38)40/h3-4,7-8H,1-2,5-6,9-32H2. The fourth-order valence-electron chi connectivity index (χ4n) is 4.55. The van der Waals surface area contributed by atoms with Crippen LogP contribution in [0.15, 0.2) is 24.3 Å². The maximum absolute atomic E-state index is 12.3. The van der Waals surface area contributed by atoms with Gasteiger partial charge in [-0.3, -0.25) is 14.5 Å². The van der Waals surface area contributed by atoms with Gasteiger partial charge in [-0.1, -0.05) is 25.0 Å². The summed E-state index contributed by atoms with van der Waals surface area (Å²) in [6.07, 6.45) is 4.47. The number of hydrogen-bond acceptors (Lipinski definition) is 13. The summed E-state index contributed by atoms with van der Waals surface area (Å²) in [5.41, 5.74) is 0.884. The smallest absolute Gasteiger partial charge is 0.261 e. The third-order valence-corrected chi connectivity index (χ3v) is 7.50. The Balaban J connectivity index is 1.16. The average molecular weight is 750 g/mol. The number of nitrogens with zero attached hydrogens (tertiary/aromatic N) is 1. The number of carbonyl (C=O) groups is 2. The van der Waals surface area contributed by atoms with Gasteiger partial charge < -0.3 is 52.1 Å². The Morgan fingerprint density at radius 2 is 0.647 bits per heavy atom. The van der Waals surface area contributed by atoms with Gasteiger partial charge in [0.2, 0.25) is 0 Å². The van der Waals surface area contributed by atoms with Gasteiger partial charge in [0, 0.05) is 12.5 Å². The summed E-state index contributed by atoms with van der Waals surface area (Å²) in [4.78, 5) is 25.8. The molecule has 2 amide bonds. The van der Waals surface area contributed by atoms with Crippen LogP contribution in [0, 0.1) is 0 Å². The lowest BCUT2D eigenvalue weighted by Crippen LogP contribution is -2.33. The number of unbranched alkanes of at least 4 members (excludes halogenated alkanes) is 3. The van der Waals surface area contributed by atoms with Crippen LogP contribution in [-0.2, 0) is 52.1 Å². The Morgan fingerprint density at radius 1 is 0.373 bits per heavy atom. The van der Waals surface area contributed by atoms with E-state index in [1.165, 1.54) is 11.3 Å². The molecule has 0 aromatic heterocycles. The van der Waals surface area contributed by atoms with Crippen molar-refractivity contribution in [3.63, 3.8) is 0 Å². The molecular formula is C36H60ClNO13. The van der Waals surface area contributed by atoms with Crippen molar-refractivity contribution in [2.75, 3.05) is 158 Å². The number of imide groups is 1. The SMILES string of the molecule is O=C1c2ccccc2C(=O)N1CCOCCOCCOCCOCCOCCOCCOCCOCCOCCOCCOCCCCCCCl. The van der Waals surface area contributed by atoms with Crippen LogP contribution in [0.25, 0.3) is 0 Å². The molecule has 0 saturated heterocycles. The van der Waals surface area contributed by atoms with E-state index in [2.05, 4.69) is 0 Å². The van der Waals surface area contributed by atoms with Gasteiger partial charge in [0.15, 0.2) is 0 Å². The molecule has 1 aliphatic heterocycles. The zero-order valence-electron chi connectivity index (χ0n) is 30.2. The topological polar surface area (TPSA) is 139 Å². The van der Waals surface area contributed by atoms with Crippen LogP contribution in [0.1, 0.15) is 46.4 Å². The Kier molecular flexibility index (Phi) is 30.3. The highest BCUT2D eigenvalue weighted by Crippen LogP contribution is 2.21. The van der Waals surface area contributed by atoms with Crippen LogP contribution >= 0.6 is 11.6 Å². The molecule has 1 aromatic carbocycles. The first-order valence-electron chi connectivity index (χ1n) is 18.1. The van der Waals surface area contributed by atoms with Gasteiger partial charge in [-0.2, -0.15) is 0 Å². The molecule has 0 spiro atoms. The minimum atomic E-state index is -0.278. The van der Waals surface area contributed by atoms with E-state index in [1.54, 1.807) is 24.3 Å². The van der Waals surface area contributed by atoms with Gasteiger partial charge >= 0.3 is 0 Å². The summed E-state index contributed by atoms with van der Waals surface area (Å²) >= 11 is 5.65. The third kappa shape index (κ3) is 24.2. The summed E-state index contributed by atoms with van der Waals surface area (Å²) in [5, 5.41) is 0. The van der Waals surface area contributed by atoms with Crippen LogP contribution in [0.3, 0.4) is 0 Å². The zero-order chi connectivity index (χ0) is 36.3. The van der Waals surface area contributed by atoms with Crippen LogP contribution < -0.4 is 0 Å². The van der Waals surface area contributed by atoms with Crippen molar-refractivity contribution in [2.24, 2.45) is 0 Å². The Hall–Kier alpha value is -1.79. The van der Waals surface area contributed by atoms with Crippen LogP contribution in [0.4, 0.5) is 0 Å². The molecule has 0 atom stereocenters. The van der Waals surface area contributed by atoms with Crippen LogP contribution in [-0.4, -0.2) is 174 Å². The fourth-order valence-corrected chi connectivity index (χ4v) is 4.74. The molecule has 14 nitrogen and oxygen atoms in total. The number of amides is 2. The van der Waals surface area contributed by atoms with E-state index < -0.39 is 0 Å². The average Bonchev–Trinajstić information content (AvgIpc) is 3.39. The number of alkyl halides is 1. The second kappa shape index (κ2) is 34.0. The molecule has 0 saturated carbocycles. The quantitative estimate of drug-likeness (QED) is 0.0554. The normalized spacial score (nSPS) is 12.8. The number of benzene rings is 1. The van der Waals surface area contributed by atoms with Crippen molar-refractivity contribution >= 4 is 23.4 Å². The van der Waals surface area contributed by atoms with E-state index in [-0.39, 0.29) is 25.0 Å². The number of hydrogen-bond donors (Lipinski definition) is 0. The van der Waals surface area contributed by atoms with Crippen LogP contribution in [0.2, 0.25) is 0 Å². The lowest BCUT2D eigenvalue weighted by molar-refractivity contribution is -0.0276.